The first-order valence-corrected chi connectivity index (χ1v) is 7.59. The van der Waals surface area contributed by atoms with Crippen LogP contribution in [0.5, 0.6) is 0 Å². The Morgan fingerprint density at radius 1 is 1.39 bits per heavy atom. The molecule has 2 N–H and O–H groups in total. The van der Waals surface area contributed by atoms with Gasteiger partial charge in [-0.15, -0.1) is 0 Å². The molecule has 0 unspecified atom stereocenters. The highest BCUT2D eigenvalue weighted by Crippen LogP contribution is 2.15. The molecule has 23 heavy (non-hydrogen) atoms. The molecule has 0 saturated carbocycles. The van der Waals surface area contributed by atoms with Crippen LogP contribution in [0.25, 0.3) is 16.6 Å². The van der Waals surface area contributed by atoms with Crippen LogP contribution in [-0.2, 0) is 4.74 Å². The third kappa shape index (κ3) is 2.49. The molecule has 118 valence electrons. The number of hydrogen-bond acceptors (Lipinski definition) is 4. The summed E-state index contributed by atoms with van der Waals surface area (Å²) in [7, 11) is 0. The van der Waals surface area contributed by atoms with E-state index in [0.29, 0.717) is 23.2 Å². The van der Waals surface area contributed by atoms with Crippen LogP contribution in [0, 0.1) is 0 Å². The first-order chi connectivity index (χ1) is 11.2. The van der Waals surface area contributed by atoms with Gasteiger partial charge in [0.05, 0.1) is 36.2 Å². The maximum atomic E-state index is 12.4. The first kappa shape index (κ1) is 14.0. The minimum absolute atomic E-state index is 0.0517. The molecule has 1 fully saturated rings. The van der Waals surface area contributed by atoms with Crippen LogP contribution in [-0.4, -0.2) is 39.5 Å². The third-order valence-corrected chi connectivity index (χ3v) is 4.13. The summed E-state index contributed by atoms with van der Waals surface area (Å²) in [5, 5.41) is 2.99. The van der Waals surface area contributed by atoms with E-state index in [9.17, 15) is 9.59 Å². The number of ether oxygens (including phenoxy) is 1. The standard InChI is InChI=1S/C16H16N4O3/c21-15(18-11-2-1-5-23-8-11)10-3-4-12-13(6-10)20-9-17-7-14(20)16(22)19-12/h3-4,6-7,9,11H,1-2,5,8H2,(H,18,21)(H,19,22)/t11-/m1/s1. The summed E-state index contributed by atoms with van der Waals surface area (Å²) in [4.78, 5) is 31.2. The highest BCUT2D eigenvalue weighted by Gasteiger charge is 2.17. The summed E-state index contributed by atoms with van der Waals surface area (Å²) >= 11 is 0. The molecular formula is C16H16N4O3. The second kappa shape index (κ2) is 5.51. The minimum atomic E-state index is -0.202. The van der Waals surface area contributed by atoms with Gasteiger partial charge in [0.2, 0.25) is 0 Å². The van der Waals surface area contributed by atoms with Crippen molar-refractivity contribution in [3.05, 3.63) is 46.6 Å². The Bertz CT molecular complexity index is 937. The number of fused-ring (bicyclic) bond motifs is 3. The molecule has 1 amide bonds. The minimum Gasteiger partial charge on any atom is -0.379 e. The number of aromatic nitrogens is 3. The summed E-state index contributed by atoms with van der Waals surface area (Å²) in [5.41, 5.74) is 2.20. The van der Waals surface area contributed by atoms with Crippen LogP contribution in [0.15, 0.2) is 35.5 Å². The number of rotatable bonds is 2. The average molecular weight is 312 g/mol. The van der Waals surface area contributed by atoms with Crippen molar-refractivity contribution in [3.63, 3.8) is 0 Å². The van der Waals surface area contributed by atoms with E-state index in [0.717, 1.165) is 25.0 Å². The zero-order valence-corrected chi connectivity index (χ0v) is 12.4. The molecule has 2 aromatic heterocycles. The van der Waals surface area contributed by atoms with Gasteiger partial charge in [0.1, 0.15) is 5.52 Å². The van der Waals surface area contributed by atoms with Gasteiger partial charge in [-0.25, -0.2) is 4.98 Å². The third-order valence-electron chi connectivity index (χ3n) is 4.13. The van der Waals surface area contributed by atoms with Crippen LogP contribution in [0.4, 0.5) is 0 Å². The largest absolute Gasteiger partial charge is 0.379 e. The number of benzene rings is 1. The van der Waals surface area contributed by atoms with E-state index in [1.54, 1.807) is 28.9 Å². The normalized spacial score (nSPS) is 18.3. The van der Waals surface area contributed by atoms with E-state index >= 15 is 0 Å². The van der Waals surface area contributed by atoms with Crippen molar-refractivity contribution in [3.8, 4) is 0 Å². The highest BCUT2D eigenvalue weighted by atomic mass is 16.5. The molecule has 0 bridgehead atoms. The number of amides is 1. The molecule has 1 saturated heterocycles. The maximum Gasteiger partial charge on any atom is 0.274 e. The zero-order chi connectivity index (χ0) is 15.8. The number of carbonyl (C=O) groups is 1. The second-order valence-corrected chi connectivity index (χ2v) is 5.72. The number of carbonyl (C=O) groups excluding carboxylic acids is 1. The summed E-state index contributed by atoms with van der Waals surface area (Å²) in [6.07, 6.45) is 4.96. The summed E-state index contributed by atoms with van der Waals surface area (Å²) in [5.74, 6) is -0.137. The van der Waals surface area contributed by atoms with Crippen LogP contribution in [0.2, 0.25) is 0 Å². The lowest BCUT2D eigenvalue weighted by Gasteiger charge is -2.23. The van der Waals surface area contributed by atoms with Gasteiger partial charge >= 0.3 is 0 Å². The molecule has 1 atom stereocenters. The van der Waals surface area contributed by atoms with Crippen LogP contribution >= 0.6 is 0 Å². The van der Waals surface area contributed by atoms with Crippen molar-refractivity contribution < 1.29 is 9.53 Å². The maximum absolute atomic E-state index is 12.4. The molecular weight excluding hydrogens is 296 g/mol. The topological polar surface area (TPSA) is 88.5 Å². The lowest BCUT2D eigenvalue weighted by atomic mass is 10.1. The molecule has 1 aliphatic heterocycles. The highest BCUT2D eigenvalue weighted by molar-refractivity contribution is 5.97. The van der Waals surface area contributed by atoms with Crippen molar-refractivity contribution in [2.24, 2.45) is 0 Å². The van der Waals surface area contributed by atoms with Crippen molar-refractivity contribution in [1.82, 2.24) is 19.7 Å². The van der Waals surface area contributed by atoms with Gasteiger partial charge in [-0.2, -0.15) is 0 Å². The Hall–Kier alpha value is -2.67. The van der Waals surface area contributed by atoms with Gasteiger partial charge in [-0.3, -0.25) is 14.0 Å². The fraction of sp³-hybridized carbons (Fsp3) is 0.312. The van der Waals surface area contributed by atoms with Gasteiger partial charge in [-0.05, 0) is 31.0 Å². The summed E-state index contributed by atoms with van der Waals surface area (Å²) in [6.45, 7) is 1.31. The van der Waals surface area contributed by atoms with E-state index in [4.69, 9.17) is 4.74 Å². The molecule has 7 nitrogen and oxygen atoms in total. The SMILES string of the molecule is O=C(N[C@@H]1CCCOC1)c1ccc2[nH]c(=O)c3cncn3c2c1. The number of hydrogen-bond donors (Lipinski definition) is 2. The number of nitrogens with one attached hydrogen (secondary N) is 2. The predicted molar refractivity (Wildman–Crippen MR) is 84.6 cm³/mol. The smallest absolute Gasteiger partial charge is 0.274 e. The van der Waals surface area contributed by atoms with Gasteiger partial charge in [-0.1, -0.05) is 0 Å². The Kier molecular flexibility index (Phi) is 3.34. The lowest BCUT2D eigenvalue weighted by molar-refractivity contribution is 0.0624. The lowest BCUT2D eigenvalue weighted by Crippen LogP contribution is -2.40. The van der Waals surface area contributed by atoms with E-state index < -0.39 is 0 Å². The van der Waals surface area contributed by atoms with Crippen LogP contribution in [0.1, 0.15) is 23.2 Å². The fourth-order valence-electron chi connectivity index (χ4n) is 2.94. The molecule has 1 aromatic carbocycles. The molecule has 0 spiro atoms. The number of imidazole rings is 1. The summed E-state index contributed by atoms with van der Waals surface area (Å²) < 4.78 is 7.07. The molecule has 3 aromatic rings. The fourth-order valence-corrected chi connectivity index (χ4v) is 2.94. The van der Waals surface area contributed by atoms with Gasteiger partial charge in [0, 0.05) is 12.2 Å². The van der Waals surface area contributed by atoms with E-state index in [1.807, 2.05) is 0 Å². The number of H-pyrrole nitrogens is 1. The molecule has 0 radical (unpaired) electrons. The Labute approximate surface area is 131 Å². The van der Waals surface area contributed by atoms with E-state index in [-0.39, 0.29) is 17.5 Å². The summed E-state index contributed by atoms with van der Waals surface area (Å²) in [6, 6.07) is 5.26. The molecule has 7 heteroatoms. The number of nitrogens with zero attached hydrogens (tertiary/aromatic N) is 2. The molecule has 1 aliphatic rings. The van der Waals surface area contributed by atoms with Crippen molar-refractivity contribution in [1.29, 1.82) is 0 Å². The molecule has 0 aliphatic carbocycles. The van der Waals surface area contributed by atoms with Gasteiger partial charge in [0.15, 0.2) is 0 Å². The van der Waals surface area contributed by atoms with E-state index in [2.05, 4.69) is 15.3 Å². The van der Waals surface area contributed by atoms with Crippen molar-refractivity contribution in [2.75, 3.05) is 13.2 Å². The monoisotopic (exact) mass is 312 g/mol. The Balaban J connectivity index is 1.71. The average Bonchev–Trinajstić information content (AvgIpc) is 3.06. The first-order valence-electron chi connectivity index (χ1n) is 7.59. The van der Waals surface area contributed by atoms with Gasteiger partial charge < -0.3 is 15.0 Å². The van der Waals surface area contributed by atoms with Gasteiger partial charge in [0.25, 0.3) is 11.5 Å². The van der Waals surface area contributed by atoms with Crippen molar-refractivity contribution in [2.45, 2.75) is 18.9 Å². The quantitative estimate of drug-likeness (QED) is 0.741. The van der Waals surface area contributed by atoms with Crippen LogP contribution < -0.4 is 10.9 Å². The molecule has 3 heterocycles. The number of aromatic amines is 1. The molecule has 4 rings (SSSR count). The Morgan fingerprint density at radius 2 is 2.30 bits per heavy atom. The predicted octanol–water partition coefficient (Wildman–Crippen LogP) is 1.08. The van der Waals surface area contributed by atoms with Crippen LogP contribution in [0.3, 0.4) is 0 Å². The van der Waals surface area contributed by atoms with E-state index in [1.165, 1.54) is 6.20 Å². The zero-order valence-electron chi connectivity index (χ0n) is 12.4. The second-order valence-electron chi connectivity index (χ2n) is 5.72. The Morgan fingerprint density at radius 3 is 3.13 bits per heavy atom. The van der Waals surface area contributed by atoms with Crippen molar-refractivity contribution >= 4 is 22.5 Å².